The molecular weight excluding hydrogens is 398 g/mol. The summed E-state index contributed by atoms with van der Waals surface area (Å²) in [6.07, 6.45) is 6.70. The van der Waals surface area contributed by atoms with E-state index in [2.05, 4.69) is 24.2 Å². The standard InChI is InChI=1S/C23H33N3O5/c1-21-8-7-16-14(15(21)4-5-19(21)28)10-18(26-12-17(24-25-26)20(29)31-3)23(30)11-13(27)6-9-22(16,23)2/h12-16,18,27,30H,4-11H2,1-3H3/t13-,14-,15-,16-,18+,21-,22+,23-/m0/s1. The van der Waals surface area contributed by atoms with Gasteiger partial charge in [0.25, 0.3) is 0 Å². The van der Waals surface area contributed by atoms with E-state index in [4.69, 9.17) is 4.74 Å². The summed E-state index contributed by atoms with van der Waals surface area (Å²) in [4.78, 5) is 24.7. The number of esters is 1. The number of hydrogen-bond acceptors (Lipinski definition) is 7. The Kier molecular flexibility index (Phi) is 4.65. The first kappa shape index (κ1) is 21.1. The van der Waals surface area contributed by atoms with Gasteiger partial charge < -0.3 is 14.9 Å². The monoisotopic (exact) mass is 431 g/mol. The summed E-state index contributed by atoms with van der Waals surface area (Å²) in [6.45, 7) is 4.30. The number of aliphatic hydroxyl groups excluding tert-OH is 1. The van der Waals surface area contributed by atoms with Crippen molar-refractivity contribution in [1.82, 2.24) is 15.0 Å². The van der Waals surface area contributed by atoms with Crippen molar-refractivity contribution >= 4 is 11.8 Å². The lowest BCUT2D eigenvalue weighted by atomic mass is 9.42. The van der Waals surface area contributed by atoms with Gasteiger partial charge in [-0.05, 0) is 56.3 Å². The van der Waals surface area contributed by atoms with Crippen molar-refractivity contribution in [3.8, 4) is 0 Å². The Morgan fingerprint density at radius 1 is 1.23 bits per heavy atom. The molecule has 0 bridgehead atoms. The summed E-state index contributed by atoms with van der Waals surface area (Å²) < 4.78 is 6.39. The van der Waals surface area contributed by atoms with Crippen LogP contribution in [0.2, 0.25) is 0 Å². The van der Waals surface area contributed by atoms with Gasteiger partial charge in [-0.25, -0.2) is 9.48 Å². The molecule has 0 aliphatic heterocycles. The van der Waals surface area contributed by atoms with Crippen LogP contribution >= 0.6 is 0 Å². The predicted molar refractivity (Wildman–Crippen MR) is 110 cm³/mol. The molecule has 5 rings (SSSR count). The first-order valence-electron chi connectivity index (χ1n) is 11.6. The van der Waals surface area contributed by atoms with E-state index in [1.807, 2.05) is 0 Å². The fourth-order valence-electron chi connectivity index (χ4n) is 7.99. The minimum Gasteiger partial charge on any atom is -0.464 e. The predicted octanol–water partition coefficient (Wildman–Crippen LogP) is 2.30. The van der Waals surface area contributed by atoms with Gasteiger partial charge in [0.05, 0.1) is 31.1 Å². The molecule has 8 nitrogen and oxygen atoms in total. The van der Waals surface area contributed by atoms with Crippen LogP contribution in [0.3, 0.4) is 0 Å². The molecule has 1 aromatic heterocycles. The number of aromatic nitrogens is 3. The SMILES string of the molecule is COC(=O)c1cn([C@@H]2C[C@H]3[C@@H]4CCC(=O)[C@@]4(C)CC[C@@H]3[C@@]3(C)CC[C@H](O)C[C@]23O)nn1. The highest BCUT2D eigenvalue weighted by molar-refractivity contribution is 5.87. The van der Waals surface area contributed by atoms with Crippen LogP contribution in [-0.4, -0.2) is 55.8 Å². The number of ether oxygens (including phenoxy) is 1. The van der Waals surface area contributed by atoms with Gasteiger partial charge in [0, 0.05) is 23.7 Å². The lowest BCUT2D eigenvalue weighted by molar-refractivity contribution is -0.241. The molecule has 0 radical (unpaired) electrons. The minimum absolute atomic E-state index is 0.107. The molecule has 4 saturated carbocycles. The fourth-order valence-corrected chi connectivity index (χ4v) is 7.99. The van der Waals surface area contributed by atoms with Crippen molar-refractivity contribution in [2.24, 2.45) is 28.6 Å². The van der Waals surface area contributed by atoms with E-state index < -0.39 is 29.1 Å². The third-order valence-corrected chi connectivity index (χ3v) is 9.77. The first-order valence-corrected chi connectivity index (χ1v) is 11.6. The largest absolute Gasteiger partial charge is 0.464 e. The molecule has 1 heterocycles. The summed E-state index contributed by atoms with van der Waals surface area (Å²) in [5.74, 6) is 0.713. The number of Topliss-reactive ketones (excluding diaryl/α,β-unsaturated/α-hetero) is 1. The average molecular weight is 432 g/mol. The number of rotatable bonds is 2. The number of ketones is 1. The summed E-state index contributed by atoms with van der Waals surface area (Å²) in [5.41, 5.74) is -1.73. The van der Waals surface area contributed by atoms with Gasteiger partial charge in [-0.2, -0.15) is 0 Å². The van der Waals surface area contributed by atoms with E-state index in [-0.39, 0.29) is 17.5 Å². The maximum Gasteiger partial charge on any atom is 0.360 e. The number of carbonyl (C=O) groups excluding carboxylic acids is 2. The quantitative estimate of drug-likeness (QED) is 0.691. The van der Waals surface area contributed by atoms with Crippen molar-refractivity contribution in [1.29, 1.82) is 0 Å². The second-order valence-electron chi connectivity index (χ2n) is 10.9. The number of nitrogens with zero attached hydrogens (tertiary/aromatic N) is 3. The number of aliphatic hydroxyl groups is 2. The Morgan fingerprint density at radius 2 is 2.00 bits per heavy atom. The number of carbonyl (C=O) groups is 2. The molecule has 0 aromatic carbocycles. The Morgan fingerprint density at radius 3 is 2.74 bits per heavy atom. The van der Waals surface area contributed by atoms with E-state index in [1.165, 1.54) is 7.11 Å². The lowest BCUT2D eigenvalue weighted by Crippen LogP contribution is -2.66. The molecule has 4 fully saturated rings. The molecule has 8 heteroatoms. The van der Waals surface area contributed by atoms with Gasteiger partial charge in [-0.1, -0.05) is 19.1 Å². The van der Waals surface area contributed by atoms with Crippen LogP contribution in [0.4, 0.5) is 0 Å². The Balaban J connectivity index is 1.59. The maximum atomic E-state index is 12.8. The molecule has 0 saturated heterocycles. The van der Waals surface area contributed by atoms with Gasteiger partial charge in [-0.15, -0.1) is 5.10 Å². The zero-order chi connectivity index (χ0) is 22.2. The van der Waals surface area contributed by atoms with Crippen LogP contribution in [0, 0.1) is 28.6 Å². The second-order valence-corrected chi connectivity index (χ2v) is 10.9. The van der Waals surface area contributed by atoms with Crippen molar-refractivity contribution in [2.45, 2.75) is 83.0 Å². The molecule has 2 N–H and O–H groups in total. The molecule has 4 aliphatic carbocycles. The summed E-state index contributed by atoms with van der Waals surface area (Å²) in [6, 6.07) is -0.419. The summed E-state index contributed by atoms with van der Waals surface area (Å²) in [7, 11) is 1.30. The molecule has 31 heavy (non-hydrogen) atoms. The summed E-state index contributed by atoms with van der Waals surface area (Å²) >= 11 is 0. The zero-order valence-electron chi connectivity index (χ0n) is 18.6. The molecule has 8 atom stereocenters. The number of fused-ring (bicyclic) bond motifs is 5. The highest BCUT2D eigenvalue weighted by Gasteiger charge is 2.68. The van der Waals surface area contributed by atoms with Crippen LogP contribution in [0.25, 0.3) is 0 Å². The van der Waals surface area contributed by atoms with Crippen LogP contribution in [0.5, 0.6) is 0 Å². The number of methoxy groups -OCH3 is 1. The molecule has 0 amide bonds. The molecule has 0 spiro atoms. The van der Waals surface area contributed by atoms with Gasteiger partial charge in [0.1, 0.15) is 5.78 Å². The molecular formula is C23H33N3O5. The Bertz CT molecular complexity index is 917. The first-order chi connectivity index (χ1) is 14.6. The lowest BCUT2D eigenvalue weighted by Gasteiger charge is -2.65. The van der Waals surface area contributed by atoms with Crippen LogP contribution in [-0.2, 0) is 9.53 Å². The average Bonchev–Trinajstić information content (AvgIpc) is 3.33. The van der Waals surface area contributed by atoms with E-state index in [1.54, 1.807) is 10.9 Å². The third-order valence-electron chi connectivity index (χ3n) is 9.77. The Labute approximate surface area is 182 Å². The van der Waals surface area contributed by atoms with Crippen LogP contribution < -0.4 is 0 Å². The maximum absolute atomic E-state index is 12.8. The van der Waals surface area contributed by atoms with E-state index in [0.29, 0.717) is 42.8 Å². The fraction of sp³-hybridized carbons (Fsp3) is 0.826. The molecule has 1 aromatic rings. The van der Waals surface area contributed by atoms with Gasteiger partial charge in [0.2, 0.25) is 0 Å². The summed E-state index contributed by atoms with van der Waals surface area (Å²) in [5, 5.41) is 30.9. The minimum atomic E-state index is -1.16. The van der Waals surface area contributed by atoms with E-state index in [0.717, 1.165) is 25.7 Å². The second kappa shape index (κ2) is 6.85. The Hall–Kier alpha value is -1.80. The zero-order valence-corrected chi connectivity index (χ0v) is 18.6. The normalized spacial score (nSPS) is 46.7. The van der Waals surface area contributed by atoms with Crippen LogP contribution in [0.15, 0.2) is 6.20 Å². The highest BCUT2D eigenvalue weighted by Crippen LogP contribution is 2.68. The highest BCUT2D eigenvalue weighted by atomic mass is 16.5. The van der Waals surface area contributed by atoms with Gasteiger partial charge in [0.15, 0.2) is 5.69 Å². The van der Waals surface area contributed by atoms with Gasteiger partial charge in [-0.3, -0.25) is 4.79 Å². The molecule has 170 valence electrons. The molecule has 0 unspecified atom stereocenters. The van der Waals surface area contributed by atoms with Crippen LogP contribution in [0.1, 0.15) is 81.7 Å². The third kappa shape index (κ3) is 2.73. The van der Waals surface area contributed by atoms with Crippen molar-refractivity contribution in [3.05, 3.63) is 11.9 Å². The topological polar surface area (TPSA) is 115 Å². The van der Waals surface area contributed by atoms with Crippen molar-refractivity contribution in [2.75, 3.05) is 7.11 Å². The van der Waals surface area contributed by atoms with Crippen molar-refractivity contribution < 1.29 is 24.5 Å². The number of hydrogen-bond donors (Lipinski definition) is 2. The molecule has 4 aliphatic rings. The van der Waals surface area contributed by atoms with E-state index in [9.17, 15) is 19.8 Å². The smallest absolute Gasteiger partial charge is 0.360 e. The van der Waals surface area contributed by atoms with E-state index >= 15 is 0 Å². The van der Waals surface area contributed by atoms with Gasteiger partial charge >= 0.3 is 5.97 Å². The van der Waals surface area contributed by atoms with Crippen molar-refractivity contribution in [3.63, 3.8) is 0 Å².